The molecule has 0 atom stereocenters. The minimum Gasteiger partial charge on any atom is -0.497 e. The van der Waals surface area contributed by atoms with Crippen molar-refractivity contribution in [3.05, 3.63) is 47.8 Å². The van der Waals surface area contributed by atoms with E-state index in [1.807, 2.05) is 6.08 Å². The molecule has 0 amide bonds. The number of ether oxygens (including phenoxy) is 1. The van der Waals surface area contributed by atoms with Crippen LogP contribution in [0.25, 0.3) is 0 Å². The predicted octanol–water partition coefficient (Wildman–Crippen LogP) is 2.70. The second-order valence-corrected chi connectivity index (χ2v) is 3.43. The van der Waals surface area contributed by atoms with Crippen LogP contribution in [0.5, 0.6) is 0 Å². The summed E-state index contributed by atoms with van der Waals surface area (Å²) in [5.41, 5.74) is 6.78. The fourth-order valence-electron chi connectivity index (χ4n) is 1.41. The Labute approximate surface area is 91.8 Å². The van der Waals surface area contributed by atoms with Crippen LogP contribution in [0.4, 0.5) is 0 Å². The molecule has 0 aromatic heterocycles. The summed E-state index contributed by atoms with van der Waals surface area (Å²) in [6.45, 7) is 0.677. The highest BCUT2D eigenvalue weighted by atomic mass is 16.5. The van der Waals surface area contributed by atoms with E-state index in [1.165, 1.54) is 5.57 Å². The van der Waals surface area contributed by atoms with Gasteiger partial charge in [-0.2, -0.15) is 0 Å². The van der Waals surface area contributed by atoms with Crippen molar-refractivity contribution in [2.75, 3.05) is 13.7 Å². The second-order valence-electron chi connectivity index (χ2n) is 3.43. The topological polar surface area (TPSA) is 35.2 Å². The van der Waals surface area contributed by atoms with Gasteiger partial charge in [0.15, 0.2) is 0 Å². The van der Waals surface area contributed by atoms with Gasteiger partial charge < -0.3 is 10.5 Å². The van der Waals surface area contributed by atoms with Crippen LogP contribution in [0.3, 0.4) is 0 Å². The molecule has 0 aliphatic heterocycles. The van der Waals surface area contributed by atoms with Gasteiger partial charge in [-0.3, -0.25) is 0 Å². The molecule has 0 radical (unpaired) electrons. The van der Waals surface area contributed by atoms with Crippen LogP contribution in [-0.4, -0.2) is 13.7 Å². The highest BCUT2D eigenvalue weighted by molar-refractivity contribution is 5.29. The molecule has 1 aliphatic carbocycles. The van der Waals surface area contributed by atoms with Crippen LogP contribution in [-0.2, 0) is 4.74 Å². The van der Waals surface area contributed by atoms with Gasteiger partial charge in [0.25, 0.3) is 0 Å². The van der Waals surface area contributed by atoms with E-state index in [0.29, 0.717) is 6.54 Å². The summed E-state index contributed by atoms with van der Waals surface area (Å²) in [6.07, 6.45) is 15.5. The van der Waals surface area contributed by atoms with Crippen LogP contribution in [0, 0.1) is 0 Å². The Morgan fingerprint density at radius 1 is 1.33 bits per heavy atom. The van der Waals surface area contributed by atoms with Gasteiger partial charge in [-0.1, -0.05) is 24.3 Å². The fraction of sp³-hybridized carbons (Fsp3) is 0.385. The van der Waals surface area contributed by atoms with Gasteiger partial charge in [0.05, 0.1) is 7.11 Å². The Hall–Kier alpha value is -1.28. The smallest absolute Gasteiger partial charge is 0.114 e. The van der Waals surface area contributed by atoms with Crippen LogP contribution in [0.15, 0.2) is 47.8 Å². The lowest BCUT2D eigenvalue weighted by Gasteiger charge is -2.03. The van der Waals surface area contributed by atoms with E-state index < -0.39 is 0 Å². The Morgan fingerprint density at radius 2 is 2.20 bits per heavy atom. The van der Waals surface area contributed by atoms with Gasteiger partial charge in [0.1, 0.15) is 5.76 Å². The van der Waals surface area contributed by atoms with Gasteiger partial charge >= 0.3 is 0 Å². The first-order chi connectivity index (χ1) is 7.36. The highest BCUT2D eigenvalue weighted by Gasteiger charge is 1.94. The van der Waals surface area contributed by atoms with Gasteiger partial charge in [-0.05, 0) is 43.5 Å². The lowest BCUT2D eigenvalue weighted by atomic mass is 10.1. The first-order valence-electron chi connectivity index (χ1n) is 5.35. The fourth-order valence-corrected chi connectivity index (χ4v) is 1.41. The zero-order valence-corrected chi connectivity index (χ0v) is 9.28. The summed E-state index contributed by atoms with van der Waals surface area (Å²) in [6, 6.07) is 0. The first-order valence-corrected chi connectivity index (χ1v) is 5.35. The van der Waals surface area contributed by atoms with E-state index in [0.717, 1.165) is 25.0 Å². The van der Waals surface area contributed by atoms with Crippen molar-refractivity contribution >= 4 is 0 Å². The molecule has 0 spiro atoms. The molecule has 82 valence electrons. The number of rotatable bonds is 3. The second kappa shape index (κ2) is 7.07. The molecule has 0 aromatic rings. The largest absolute Gasteiger partial charge is 0.497 e. The van der Waals surface area contributed by atoms with Gasteiger partial charge in [-0.15, -0.1) is 0 Å². The monoisotopic (exact) mass is 205 g/mol. The molecule has 0 heterocycles. The van der Waals surface area contributed by atoms with Gasteiger partial charge in [0.2, 0.25) is 0 Å². The van der Waals surface area contributed by atoms with Gasteiger partial charge in [0, 0.05) is 0 Å². The quantitative estimate of drug-likeness (QED) is 0.768. The Kier molecular flexibility index (Phi) is 5.56. The van der Waals surface area contributed by atoms with Crippen molar-refractivity contribution in [1.82, 2.24) is 0 Å². The molecule has 0 aromatic carbocycles. The van der Waals surface area contributed by atoms with E-state index in [-0.39, 0.29) is 0 Å². The van der Waals surface area contributed by atoms with Crippen LogP contribution < -0.4 is 5.73 Å². The maximum Gasteiger partial charge on any atom is 0.114 e. The van der Waals surface area contributed by atoms with E-state index >= 15 is 0 Å². The summed E-state index contributed by atoms with van der Waals surface area (Å²) in [5.74, 6) is 0.924. The van der Waals surface area contributed by atoms with E-state index in [9.17, 15) is 0 Å². The number of hydrogen-bond acceptors (Lipinski definition) is 2. The third-order valence-electron chi connectivity index (χ3n) is 2.26. The molecule has 1 rings (SSSR count). The van der Waals surface area contributed by atoms with Crippen LogP contribution in [0.1, 0.15) is 19.3 Å². The molecule has 0 saturated carbocycles. The molecule has 2 nitrogen and oxygen atoms in total. The normalized spacial score (nSPS) is 28.1. The molecule has 2 heteroatoms. The van der Waals surface area contributed by atoms with E-state index in [2.05, 4.69) is 30.4 Å². The van der Waals surface area contributed by atoms with E-state index in [4.69, 9.17) is 10.5 Å². The zero-order valence-electron chi connectivity index (χ0n) is 9.28. The van der Waals surface area contributed by atoms with Crippen molar-refractivity contribution in [2.45, 2.75) is 19.3 Å². The summed E-state index contributed by atoms with van der Waals surface area (Å²) in [7, 11) is 1.70. The van der Waals surface area contributed by atoms with Crippen LogP contribution in [0.2, 0.25) is 0 Å². The first kappa shape index (κ1) is 11.8. The SMILES string of the molecule is COC1=C\CC\C=C/C=C(CCN)/C=C/1. The zero-order chi connectivity index (χ0) is 10.9. The number of allylic oxidation sites excluding steroid dienone is 6. The minimum absolute atomic E-state index is 0.677. The van der Waals surface area contributed by atoms with Crippen molar-refractivity contribution in [3.63, 3.8) is 0 Å². The average molecular weight is 205 g/mol. The van der Waals surface area contributed by atoms with Gasteiger partial charge in [-0.25, -0.2) is 0 Å². The highest BCUT2D eigenvalue weighted by Crippen LogP contribution is 2.10. The number of hydrogen-bond donors (Lipinski definition) is 1. The maximum atomic E-state index is 5.54. The third kappa shape index (κ3) is 4.66. The maximum absolute atomic E-state index is 5.54. The Bertz CT molecular complexity index is 298. The molecule has 1 aliphatic rings. The molecule has 2 N–H and O–H groups in total. The minimum atomic E-state index is 0.677. The lowest BCUT2D eigenvalue weighted by Crippen LogP contribution is -1.99. The molecular formula is C13H19NO. The Balaban J connectivity index is 2.78. The van der Waals surface area contributed by atoms with Crippen molar-refractivity contribution in [2.24, 2.45) is 5.73 Å². The van der Waals surface area contributed by atoms with Crippen LogP contribution >= 0.6 is 0 Å². The molecular weight excluding hydrogens is 186 g/mol. The van der Waals surface area contributed by atoms with Crippen molar-refractivity contribution < 1.29 is 4.74 Å². The molecule has 0 unspecified atom stereocenters. The average Bonchev–Trinajstić information content (AvgIpc) is 2.27. The lowest BCUT2D eigenvalue weighted by molar-refractivity contribution is 0.305. The summed E-state index contributed by atoms with van der Waals surface area (Å²) < 4.78 is 5.24. The molecule has 15 heavy (non-hydrogen) atoms. The predicted molar refractivity (Wildman–Crippen MR) is 64.4 cm³/mol. The standard InChI is InChI=1S/C13H19NO/c1-15-13-7-5-3-2-4-6-12(8-9-13)10-11-14/h2,4,6-9H,3,5,10-11,14H2,1H3/b4-2-,9-8+,12-6-,13-7+. The van der Waals surface area contributed by atoms with E-state index in [1.54, 1.807) is 7.11 Å². The molecule has 0 saturated heterocycles. The summed E-state index contributed by atoms with van der Waals surface area (Å²) in [4.78, 5) is 0. The number of methoxy groups -OCH3 is 1. The third-order valence-corrected chi connectivity index (χ3v) is 2.26. The number of nitrogens with two attached hydrogens (primary N) is 1. The molecule has 0 bridgehead atoms. The summed E-state index contributed by atoms with van der Waals surface area (Å²) in [5, 5.41) is 0. The van der Waals surface area contributed by atoms with Crippen molar-refractivity contribution in [3.8, 4) is 0 Å². The summed E-state index contributed by atoms with van der Waals surface area (Å²) >= 11 is 0. The van der Waals surface area contributed by atoms with Crippen molar-refractivity contribution in [1.29, 1.82) is 0 Å². The molecule has 0 fully saturated rings. The Morgan fingerprint density at radius 3 is 2.93 bits per heavy atom.